The molecule has 2 aromatic heterocycles. The van der Waals surface area contributed by atoms with Crippen LogP contribution in [0, 0.1) is 5.92 Å². The van der Waals surface area contributed by atoms with Gasteiger partial charge in [-0.3, -0.25) is 10.00 Å². The summed E-state index contributed by atoms with van der Waals surface area (Å²) in [6.45, 7) is 7.20. The van der Waals surface area contributed by atoms with E-state index in [9.17, 15) is 0 Å². The minimum absolute atomic E-state index is 0.531. The van der Waals surface area contributed by atoms with Crippen molar-refractivity contribution < 1.29 is 4.52 Å². The van der Waals surface area contributed by atoms with Crippen LogP contribution in [0.2, 0.25) is 0 Å². The molecular formula is C15H23N5O. The number of H-pyrrole nitrogens is 1. The summed E-state index contributed by atoms with van der Waals surface area (Å²) >= 11 is 0. The molecule has 3 rings (SSSR count). The van der Waals surface area contributed by atoms with E-state index in [0.717, 1.165) is 37.8 Å². The van der Waals surface area contributed by atoms with E-state index in [-0.39, 0.29) is 0 Å². The average molecular weight is 289 g/mol. The Morgan fingerprint density at radius 3 is 3.14 bits per heavy atom. The number of aromatic nitrogens is 4. The zero-order chi connectivity index (χ0) is 14.7. The fraction of sp³-hybridized carbons (Fsp3) is 0.667. The number of nitrogens with zero attached hydrogens (tertiary/aromatic N) is 4. The Hall–Kier alpha value is -1.69. The van der Waals surface area contributed by atoms with Gasteiger partial charge in [-0.15, -0.1) is 0 Å². The number of aromatic amines is 1. The van der Waals surface area contributed by atoms with Crippen molar-refractivity contribution in [2.75, 3.05) is 13.1 Å². The number of likely N-dealkylation sites (tertiary alicyclic amines) is 1. The second-order valence-electron chi connectivity index (χ2n) is 6.29. The van der Waals surface area contributed by atoms with E-state index < -0.39 is 0 Å². The molecule has 1 N–H and O–H groups in total. The van der Waals surface area contributed by atoms with Gasteiger partial charge in [0.2, 0.25) is 5.89 Å². The van der Waals surface area contributed by atoms with E-state index in [1.54, 1.807) is 0 Å². The van der Waals surface area contributed by atoms with E-state index in [0.29, 0.717) is 11.8 Å². The van der Waals surface area contributed by atoms with E-state index in [4.69, 9.17) is 4.52 Å². The first-order chi connectivity index (χ1) is 10.2. The van der Waals surface area contributed by atoms with Crippen molar-refractivity contribution in [1.29, 1.82) is 0 Å². The van der Waals surface area contributed by atoms with Crippen LogP contribution in [0.15, 0.2) is 16.8 Å². The Bertz CT molecular complexity index is 548. The van der Waals surface area contributed by atoms with Crippen LogP contribution in [0.25, 0.3) is 0 Å². The van der Waals surface area contributed by atoms with Gasteiger partial charge in [-0.25, -0.2) is 0 Å². The molecule has 21 heavy (non-hydrogen) atoms. The van der Waals surface area contributed by atoms with Gasteiger partial charge in [0.25, 0.3) is 0 Å². The van der Waals surface area contributed by atoms with Crippen molar-refractivity contribution in [3.63, 3.8) is 0 Å². The second-order valence-corrected chi connectivity index (χ2v) is 6.29. The molecule has 114 valence electrons. The van der Waals surface area contributed by atoms with Crippen molar-refractivity contribution in [3.8, 4) is 0 Å². The van der Waals surface area contributed by atoms with Crippen LogP contribution in [0.1, 0.15) is 50.0 Å². The fourth-order valence-electron chi connectivity index (χ4n) is 2.93. The molecule has 0 spiro atoms. The number of nitrogens with one attached hydrogen (secondary N) is 1. The van der Waals surface area contributed by atoms with Crippen LogP contribution in [0.3, 0.4) is 0 Å². The summed E-state index contributed by atoms with van der Waals surface area (Å²) in [7, 11) is 0. The second kappa shape index (κ2) is 6.39. The molecule has 0 amide bonds. The SMILES string of the molecule is CC(C)Cc1nc(CN2CCC[C@H](c3ccn[nH]3)C2)no1. The molecule has 0 aliphatic carbocycles. The molecule has 0 bridgehead atoms. The van der Waals surface area contributed by atoms with Crippen LogP contribution in [0.4, 0.5) is 0 Å². The molecule has 0 saturated carbocycles. The molecule has 1 aliphatic heterocycles. The van der Waals surface area contributed by atoms with E-state index in [2.05, 4.69) is 45.2 Å². The van der Waals surface area contributed by atoms with Gasteiger partial charge in [0.15, 0.2) is 5.82 Å². The molecule has 0 radical (unpaired) electrons. The van der Waals surface area contributed by atoms with E-state index in [1.807, 2.05) is 6.20 Å². The molecule has 6 nitrogen and oxygen atoms in total. The molecule has 1 atom stereocenters. The third-order valence-electron chi connectivity index (χ3n) is 3.93. The lowest BCUT2D eigenvalue weighted by Crippen LogP contribution is -2.34. The first-order valence-electron chi connectivity index (χ1n) is 7.74. The Morgan fingerprint density at radius 1 is 1.48 bits per heavy atom. The third kappa shape index (κ3) is 3.69. The minimum Gasteiger partial charge on any atom is -0.339 e. The number of rotatable bonds is 5. The summed E-state index contributed by atoms with van der Waals surface area (Å²) in [5.41, 5.74) is 1.23. The minimum atomic E-state index is 0.531. The maximum atomic E-state index is 5.31. The maximum Gasteiger partial charge on any atom is 0.226 e. The van der Waals surface area contributed by atoms with E-state index >= 15 is 0 Å². The van der Waals surface area contributed by atoms with Crippen molar-refractivity contribution in [1.82, 2.24) is 25.2 Å². The van der Waals surface area contributed by atoms with Crippen LogP contribution in [-0.2, 0) is 13.0 Å². The number of piperidine rings is 1. The van der Waals surface area contributed by atoms with Crippen molar-refractivity contribution in [2.45, 2.75) is 45.6 Å². The van der Waals surface area contributed by atoms with Crippen molar-refractivity contribution in [2.24, 2.45) is 5.92 Å². The van der Waals surface area contributed by atoms with Crippen LogP contribution < -0.4 is 0 Å². The Labute approximate surface area is 124 Å². The third-order valence-corrected chi connectivity index (χ3v) is 3.93. The van der Waals surface area contributed by atoms with Gasteiger partial charge in [0.1, 0.15) is 0 Å². The van der Waals surface area contributed by atoms with E-state index in [1.165, 1.54) is 18.5 Å². The Morgan fingerprint density at radius 2 is 2.38 bits per heavy atom. The lowest BCUT2D eigenvalue weighted by atomic mass is 9.95. The highest BCUT2D eigenvalue weighted by Crippen LogP contribution is 2.25. The van der Waals surface area contributed by atoms with Gasteiger partial charge in [-0.1, -0.05) is 19.0 Å². The lowest BCUT2D eigenvalue weighted by molar-refractivity contribution is 0.192. The highest BCUT2D eigenvalue weighted by atomic mass is 16.5. The van der Waals surface area contributed by atoms with Crippen molar-refractivity contribution >= 4 is 0 Å². The quantitative estimate of drug-likeness (QED) is 0.915. The zero-order valence-corrected chi connectivity index (χ0v) is 12.7. The average Bonchev–Trinajstić information content (AvgIpc) is 3.10. The zero-order valence-electron chi connectivity index (χ0n) is 12.7. The summed E-state index contributed by atoms with van der Waals surface area (Å²) < 4.78 is 5.31. The van der Waals surface area contributed by atoms with Gasteiger partial charge < -0.3 is 4.52 Å². The largest absolute Gasteiger partial charge is 0.339 e. The Balaban J connectivity index is 1.58. The molecule has 1 fully saturated rings. The predicted octanol–water partition coefficient (Wildman–Crippen LogP) is 2.37. The van der Waals surface area contributed by atoms with Crippen molar-refractivity contribution in [3.05, 3.63) is 29.7 Å². The summed E-state index contributed by atoms with van der Waals surface area (Å²) in [4.78, 5) is 6.89. The molecule has 0 aromatic carbocycles. The predicted molar refractivity (Wildman–Crippen MR) is 78.7 cm³/mol. The van der Waals surface area contributed by atoms with Gasteiger partial charge in [-0.2, -0.15) is 10.1 Å². The van der Waals surface area contributed by atoms with Crippen LogP contribution in [-0.4, -0.2) is 38.3 Å². The first kappa shape index (κ1) is 14.3. The summed E-state index contributed by atoms with van der Waals surface area (Å²) in [6, 6.07) is 2.07. The van der Waals surface area contributed by atoms with Gasteiger partial charge in [0, 0.05) is 30.8 Å². The smallest absolute Gasteiger partial charge is 0.226 e. The first-order valence-corrected chi connectivity index (χ1v) is 7.74. The standard InChI is InChI=1S/C15H23N5O/c1-11(2)8-15-17-14(19-21-15)10-20-7-3-4-12(9-20)13-5-6-16-18-13/h5-6,11-12H,3-4,7-10H2,1-2H3,(H,16,18)/t12-/m0/s1. The molecule has 1 aliphatic rings. The molecule has 0 unspecified atom stereocenters. The molecule has 6 heteroatoms. The topological polar surface area (TPSA) is 70.8 Å². The highest BCUT2D eigenvalue weighted by molar-refractivity contribution is 5.07. The van der Waals surface area contributed by atoms with Gasteiger partial charge in [-0.05, 0) is 31.4 Å². The molecular weight excluding hydrogens is 266 g/mol. The monoisotopic (exact) mass is 289 g/mol. The summed E-state index contributed by atoms with van der Waals surface area (Å²) in [5, 5.41) is 11.2. The normalized spacial score (nSPS) is 20.2. The highest BCUT2D eigenvalue weighted by Gasteiger charge is 2.23. The lowest BCUT2D eigenvalue weighted by Gasteiger charge is -2.31. The fourth-order valence-corrected chi connectivity index (χ4v) is 2.93. The number of hydrogen-bond acceptors (Lipinski definition) is 5. The summed E-state index contributed by atoms with van der Waals surface area (Å²) in [6.07, 6.45) is 5.08. The van der Waals surface area contributed by atoms with Crippen LogP contribution >= 0.6 is 0 Å². The van der Waals surface area contributed by atoms with Gasteiger partial charge >= 0.3 is 0 Å². The number of hydrogen-bond donors (Lipinski definition) is 1. The summed E-state index contributed by atoms with van der Waals surface area (Å²) in [5.74, 6) is 2.62. The Kier molecular flexibility index (Phi) is 4.34. The maximum absolute atomic E-state index is 5.31. The van der Waals surface area contributed by atoms with Gasteiger partial charge in [0.05, 0.1) is 6.54 Å². The molecule has 3 heterocycles. The van der Waals surface area contributed by atoms with Crippen LogP contribution in [0.5, 0.6) is 0 Å². The molecule has 2 aromatic rings. The molecule has 1 saturated heterocycles.